The van der Waals surface area contributed by atoms with E-state index in [-0.39, 0.29) is 35.4 Å². The van der Waals surface area contributed by atoms with E-state index in [1.54, 1.807) is 0 Å². The maximum atomic E-state index is 12.0. The molecule has 0 amide bonds. The highest BCUT2D eigenvalue weighted by molar-refractivity contribution is 5.69. The van der Waals surface area contributed by atoms with Gasteiger partial charge in [-0.15, -0.1) is 0 Å². The number of hydrogen-bond donors (Lipinski definition) is 3. The number of nitrogens with two attached hydrogens (primary N) is 1. The van der Waals surface area contributed by atoms with E-state index < -0.39 is 5.60 Å². The van der Waals surface area contributed by atoms with Crippen LogP contribution in [0.4, 0.5) is 0 Å². The quantitative estimate of drug-likeness (QED) is 0.368. The summed E-state index contributed by atoms with van der Waals surface area (Å²) >= 11 is 0. The van der Waals surface area contributed by atoms with Crippen molar-refractivity contribution < 1.29 is 19.7 Å². The monoisotopic (exact) mass is 451 g/mol. The second-order valence-corrected chi connectivity index (χ2v) is 12.7. The Morgan fingerprint density at radius 1 is 1.09 bits per heavy atom. The minimum Gasteiger partial charge on any atom is -0.460 e. The molecule has 5 nitrogen and oxygen atoms in total. The molecule has 32 heavy (non-hydrogen) atoms. The van der Waals surface area contributed by atoms with Gasteiger partial charge in [0.2, 0.25) is 0 Å². The molecular formula is C27H49NO4. The third kappa shape index (κ3) is 5.05. The van der Waals surface area contributed by atoms with Gasteiger partial charge in [0.15, 0.2) is 0 Å². The van der Waals surface area contributed by atoms with Crippen LogP contribution in [0.5, 0.6) is 0 Å². The van der Waals surface area contributed by atoms with Crippen molar-refractivity contribution in [3.05, 3.63) is 0 Å². The van der Waals surface area contributed by atoms with Gasteiger partial charge in [-0.1, -0.05) is 20.3 Å². The molecule has 0 aromatic heterocycles. The third-order valence-electron chi connectivity index (χ3n) is 9.79. The number of unbranched alkanes of at least 4 members (excludes halogenated alkanes) is 1. The molecule has 5 heteroatoms. The summed E-state index contributed by atoms with van der Waals surface area (Å²) < 4.78 is 5.45. The first-order valence-corrected chi connectivity index (χ1v) is 13.2. The number of aliphatic hydroxyl groups excluding tert-OH is 2. The molecule has 8 atom stereocenters. The summed E-state index contributed by atoms with van der Waals surface area (Å²) in [6.07, 6.45) is 9.76. The van der Waals surface area contributed by atoms with E-state index in [9.17, 15) is 15.0 Å². The number of fused-ring (bicyclic) bond motifs is 3. The van der Waals surface area contributed by atoms with Gasteiger partial charge in [0.1, 0.15) is 5.60 Å². The van der Waals surface area contributed by atoms with Crippen molar-refractivity contribution >= 4 is 5.97 Å². The zero-order valence-corrected chi connectivity index (χ0v) is 21.2. The average molecular weight is 452 g/mol. The number of ether oxygens (including phenoxy) is 1. The first-order chi connectivity index (χ1) is 15.0. The van der Waals surface area contributed by atoms with Crippen LogP contribution in [0, 0.1) is 40.4 Å². The Kier molecular flexibility index (Phi) is 8.04. The van der Waals surface area contributed by atoms with E-state index in [0.717, 1.165) is 25.7 Å². The van der Waals surface area contributed by atoms with E-state index >= 15 is 0 Å². The van der Waals surface area contributed by atoms with Crippen LogP contribution >= 0.6 is 0 Å². The van der Waals surface area contributed by atoms with E-state index in [1.807, 2.05) is 20.8 Å². The first-order valence-electron chi connectivity index (χ1n) is 13.2. The van der Waals surface area contributed by atoms with Crippen LogP contribution < -0.4 is 5.73 Å². The maximum Gasteiger partial charge on any atom is 0.306 e. The Morgan fingerprint density at radius 3 is 2.44 bits per heavy atom. The van der Waals surface area contributed by atoms with Gasteiger partial charge in [-0.3, -0.25) is 4.79 Å². The molecule has 0 spiro atoms. The number of rotatable bonds is 8. The van der Waals surface area contributed by atoms with E-state index in [4.69, 9.17) is 10.5 Å². The number of carbonyl (C=O) groups excluding carboxylic acids is 1. The standard InChI is InChI=1S/C27H49NO4/c1-25(2,3)32-23(31)9-7-6-8-18-10-11-20-24-21(12-13-26(18,20)4)27(5,14-15-28)19(17-29)16-22(24)30/h18-22,24,29-30H,6-17,28H2,1-5H3. The first kappa shape index (κ1) is 26.0. The van der Waals surface area contributed by atoms with Crippen molar-refractivity contribution in [1.82, 2.24) is 0 Å². The minimum atomic E-state index is -0.407. The van der Waals surface area contributed by atoms with Gasteiger partial charge in [-0.05, 0) is 119 Å². The van der Waals surface area contributed by atoms with Crippen LogP contribution in [0.2, 0.25) is 0 Å². The lowest BCUT2D eigenvalue weighted by atomic mass is 9.45. The summed E-state index contributed by atoms with van der Waals surface area (Å²) in [5, 5.41) is 21.3. The summed E-state index contributed by atoms with van der Waals surface area (Å²) in [6, 6.07) is 0. The Labute approximate surface area is 195 Å². The van der Waals surface area contributed by atoms with Gasteiger partial charge in [0.25, 0.3) is 0 Å². The Morgan fingerprint density at radius 2 is 1.81 bits per heavy atom. The van der Waals surface area contributed by atoms with Gasteiger partial charge >= 0.3 is 5.97 Å². The van der Waals surface area contributed by atoms with E-state index in [2.05, 4.69) is 13.8 Å². The summed E-state index contributed by atoms with van der Waals surface area (Å²) in [5.74, 6) is 2.09. The Bertz CT molecular complexity index is 646. The van der Waals surface area contributed by atoms with Gasteiger partial charge in [-0.25, -0.2) is 0 Å². The van der Waals surface area contributed by atoms with Crippen molar-refractivity contribution in [2.45, 2.75) is 111 Å². The molecule has 0 aromatic rings. The SMILES string of the molecule is CC(C)(C)OC(=O)CCCCC1CCC2C3C(O)CC(CO)C(C)(CCN)C3CCC12C. The van der Waals surface area contributed by atoms with Crippen molar-refractivity contribution in [1.29, 1.82) is 0 Å². The van der Waals surface area contributed by atoms with Gasteiger partial charge in [0, 0.05) is 13.0 Å². The van der Waals surface area contributed by atoms with Gasteiger partial charge in [0.05, 0.1) is 6.10 Å². The van der Waals surface area contributed by atoms with Crippen LogP contribution in [0.1, 0.15) is 98.8 Å². The minimum absolute atomic E-state index is 0.0280. The van der Waals surface area contributed by atoms with Crippen molar-refractivity contribution in [2.75, 3.05) is 13.2 Å². The van der Waals surface area contributed by atoms with Crippen molar-refractivity contribution in [2.24, 2.45) is 46.2 Å². The fourth-order valence-corrected chi connectivity index (χ4v) is 8.14. The predicted octanol–water partition coefficient (Wildman–Crippen LogP) is 4.68. The van der Waals surface area contributed by atoms with Crippen molar-refractivity contribution in [3.8, 4) is 0 Å². The molecule has 0 saturated heterocycles. The Hall–Kier alpha value is -0.650. The second-order valence-electron chi connectivity index (χ2n) is 12.7. The molecule has 8 unspecified atom stereocenters. The summed E-state index contributed by atoms with van der Waals surface area (Å²) in [4.78, 5) is 12.0. The third-order valence-corrected chi connectivity index (χ3v) is 9.79. The predicted molar refractivity (Wildman–Crippen MR) is 128 cm³/mol. The van der Waals surface area contributed by atoms with Crippen LogP contribution in [-0.2, 0) is 9.53 Å². The average Bonchev–Trinajstić information content (AvgIpc) is 3.02. The molecule has 0 heterocycles. The molecule has 3 fully saturated rings. The van der Waals surface area contributed by atoms with Crippen LogP contribution in [0.3, 0.4) is 0 Å². The number of aliphatic hydroxyl groups is 2. The molecule has 0 radical (unpaired) electrons. The fraction of sp³-hybridized carbons (Fsp3) is 0.963. The van der Waals surface area contributed by atoms with E-state index in [0.29, 0.717) is 43.1 Å². The molecule has 0 aromatic carbocycles. The lowest BCUT2D eigenvalue weighted by Crippen LogP contribution is -2.58. The molecular weight excluding hydrogens is 402 g/mol. The highest BCUT2D eigenvalue weighted by atomic mass is 16.6. The molecule has 4 N–H and O–H groups in total. The lowest BCUT2D eigenvalue weighted by Gasteiger charge is -2.60. The smallest absolute Gasteiger partial charge is 0.306 e. The number of esters is 1. The highest BCUT2D eigenvalue weighted by Crippen LogP contribution is 2.66. The van der Waals surface area contributed by atoms with Crippen LogP contribution in [-0.4, -0.2) is 41.0 Å². The van der Waals surface area contributed by atoms with E-state index in [1.165, 1.54) is 25.7 Å². The lowest BCUT2D eigenvalue weighted by molar-refractivity contribution is -0.160. The summed E-state index contributed by atoms with van der Waals surface area (Å²) in [6.45, 7) is 11.4. The van der Waals surface area contributed by atoms with Crippen molar-refractivity contribution in [3.63, 3.8) is 0 Å². The number of carbonyl (C=O) groups is 1. The van der Waals surface area contributed by atoms with Gasteiger partial charge in [-0.2, -0.15) is 0 Å². The number of hydrogen-bond acceptors (Lipinski definition) is 5. The Balaban J connectivity index is 1.63. The van der Waals surface area contributed by atoms with Crippen LogP contribution in [0.25, 0.3) is 0 Å². The molecule has 0 aliphatic heterocycles. The largest absolute Gasteiger partial charge is 0.460 e. The molecule has 3 aliphatic carbocycles. The fourth-order valence-electron chi connectivity index (χ4n) is 8.14. The van der Waals surface area contributed by atoms with Gasteiger partial charge < -0.3 is 20.7 Å². The molecule has 3 aliphatic rings. The molecule has 186 valence electrons. The maximum absolute atomic E-state index is 12.0. The normalized spacial score (nSPS) is 41.8. The second kappa shape index (κ2) is 9.92. The molecule has 3 rings (SSSR count). The zero-order chi connectivity index (χ0) is 23.7. The van der Waals surface area contributed by atoms with Crippen LogP contribution in [0.15, 0.2) is 0 Å². The molecule has 3 saturated carbocycles. The molecule has 0 bridgehead atoms. The highest BCUT2D eigenvalue weighted by Gasteiger charge is 2.61. The topological polar surface area (TPSA) is 92.8 Å². The summed E-state index contributed by atoms with van der Waals surface area (Å²) in [5.41, 5.74) is 5.92. The zero-order valence-electron chi connectivity index (χ0n) is 21.2. The summed E-state index contributed by atoms with van der Waals surface area (Å²) in [7, 11) is 0.